The van der Waals surface area contributed by atoms with E-state index in [1.54, 1.807) is 42.2 Å². The fourth-order valence-corrected chi connectivity index (χ4v) is 3.89. The molecule has 0 aromatic heterocycles. The van der Waals surface area contributed by atoms with E-state index in [0.29, 0.717) is 29.2 Å². The van der Waals surface area contributed by atoms with Crippen LogP contribution in [0.15, 0.2) is 95.7 Å². The summed E-state index contributed by atoms with van der Waals surface area (Å²) in [7, 11) is 1.28. The van der Waals surface area contributed by atoms with Crippen molar-refractivity contribution < 1.29 is 28.2 Å². The number of carbonyl (C=O) groups excluding carboxylic acids is 3. The number of nitrogens with one attached hydrogen (secondary N) is 1. The Bertz CT molecular complexity index is 1360. The Morgan fingerprint density at radius 3 is 2.30 bits per heavy atom. The van der Waals surface area contributed by atoms with Gasteiger partial charge in [0.2, 0.25) is 0 Å². The molecule has 188 valence electrons. The Labute approximate surface area is 213 Å². The quantitative estimate of drug-likeness (QED) is 0.358. The first-order chi connectivity index (χ1) is 17.9. The highest BCUT2D eigenvalue weighted by Gasteiger charge is 2.36. The predicted octanol–water partition coefficient (Wildman–Crippen LogP) is 4.72. The summed E-state index contributed by atoms with van der Waals surface area (Å²) in [5.74, 6) is -1.22. The van der Waals surface area contributed by atoms with E-state index in [9.17, 15) is 18.8 Å². The number of esters is 1. The van der Waals surface area contributed by atoms with Crippen molar-refractivity contribution in [1.82, 2.24) is 4.90 Å². The molecular weight excluding hydrogens is 475 g/mol. The van der Waals surface area contributed by atoms with E-state index in [-0.39, 0.29) is 23.7 Å². The number of halogens is 1. The number of rotatable bonds is 8. The van der Waals surface area contributed by atoms with Crippen molar-refractivity contribution in [2.24, 2.45) is 0 Å². The van der Waals surface area contributed by atoms with Crippen molar-refractivity contribution >= 4 is 29.5 Å². The van der Waals surface area contributed by atoms with Gasteiger partial charge in [0.1, 0.15) is 11.6 Å². The van der Waals surface area contributed by atoms with Gasteiger partial charge in [-0.15, -0.1) is 0 Å². The van der Waals surface area contributed by atoms with Crippen LogP contribution in [0.25, 0.3) is 6.08 Å². The first-order valence-electron chi connectivity index (χ1n) is 11.5. The number of methoxy groups -OCH3 is 1. The second-order valence-corrected chi connectivity index (χ2v) is 8.30. The van der Waals surface area contributed by atoms with Gasteiger partial charge in [-0.05, 0) is 60.5 Å². The number of hydrogen-bond donors (Lipinski definition) is 1. The van der Waals surface area contributed by atoms with Crippen LogP contribution < -0.4 is 10.1 Å². The van der Waals surface area contributed by atoms with E-state index < -0.39 is 17.7 Å². The van der Waals surface area contributed by atoms with Crippen LogP contribution in [0.3, 0.4) is 0 Å². The van der Waals surface area contributed by atoms with Crippen LogP contribution in [0.2, 0.25) is 0 Å². The van der Waals surface area contributed by atoms with Crippen LogP contribution in [0, 0.1) is 5.82 Å². The van der Waals surface area contributed by atoms with E-state index >= 15 is 0 Å². The van der Waals surface area contributed by atoms with E-state index in [1.807, 2.05) is 30.3 Å². The summed E-state index contributed by atoms with van der Waals surface area (Å²) in [6.45, 7) is 1.82. The van der Waals surface area contributed by atoms with Gasteiger partial charge < -0.3 is 19.7 Å². The molecule has 3 aromatic rings. The summed E-state index contributed by atoms with van der Waals surface area (Å²) < 4.78 is 23.5. The molecule has 1 aliphatic rings. The summed E-state index contributed by atoms with van der Waals surface area (Å²) in [5, 5.41) is 2.62. The highest BCUT2D eigenvalue weighted by molar-refractivity contribution is 6.16. The monoisotopic (exact) mass is 500 g/mol. The summed E-state index contributed by atoms with van der Waals surface area (Å²) >= 11 is 0. The van der Waals surface area contributed by atoms with Gasteiger partial charge in [0.15, 0.2) is 6.61 Å². The Morgan fingerprint density at radius 1 is 0.973 bits per heavy atom. The lowest BCUT2D eigenvalue weighted by Crippen LogP contribution is -2.24. The molecule has 4 rings (SSSR count). The van der Waals surface area contributed by atoms with Crippen molar-refractivity contribution in [3.05, 3.63) is 113 Å². The Kier molecular flexibility index (Phi) is 7.78. The van der Waals surface area contributed by atoms with E-state index in [1.165, 1.54) is 31.4 Å². The number of allylic oxidation sites excluding steroid dienone is 1. The zero-order chi connectivity index (χ0) is 26.4. The summed E-state index contributed by atoms with van der Waals surface area (Å²) in [6.07, 6.45) is 1.63. The molecule has 0 unspecified atom stereocenters. The zero-order valence-corrected chi connectivity index (χ0v) is 20.4. The molecule has 1 N–H and O–H groups in total. The van der Waals surface area contributed by atoms with E-state index in [0.717, 1.165) is 5.56 Å². The number of nitrogens with zero attached hydrogens (tertiary/aromatic N) is 1. The SMILES string of the molecule is COC(=O)C1=C(C)N(Cc2ccccc2)C(=O)/C1=C\c1ccc(OCC(=O)Nc2ccc(F)cc2)cc1. The molecule has 0 saturated heterocycles. The van der Waals surface area contributed by atoms with Crippen LogP contribution in [0.1, 0.15) is 18.1 Å². The highest BCUT2D eigenvalue weighted by atomic mass is 19.1. The van der Waals surface area contributed by atoms with Crippen molar-refractivity contribution in [1.29, 1.82) is 0 Å². The largest absolute Gasteiger partial charge is 0.484 e. The highest BCUT2D eigenvalue weighted by Crippen LogP contribution is 2.33. The Hall–Kier alpha value is -4.72. The lowest BCUT2D eigenvalue weighted by atomic mass is 10.0. The third-order valence-electron chi connectivity index (χ3n) is 5.77. The molecule has 37 heavy (non-hydrogen) atoms. The van der Waals surface area contributed by atoms with E-state index in [2.05, 4.69) is 5.32 Å². The molecule has 0 saturated carbocycles. The first-order valence-corrected chi connectivity index (χ1v) is 11.5. The van der Waals surface area contributed by atoms with Gasteiger partial charge in [0, 0.05) is 11.4 Å². The summed E-state index contributed by atoms with van der Waals surface area (Å²) in [4.78, 5) is 39.5. The fourth-order valence-electron chi connectivity index (χ4n) is 3.89. The maximum Gasteiger partial charge on any atom is 0.340 e. The second kappa shape index (κ2) is 11.3. The third-order valence-corrected chi connectivity index (χ3v) is 5.77. The molecule has 0 radical (unpaired) electrons. The lowest BCUT2D eigenvalue weighted by Gasteiger charge is -2.17. The second-order valence-electron chi connectivity index (χ2n) is 8.30. The van der Waals surface area contributed by atoms with Gasteiger partial charge in [-0.3, -0.25) is 9.59 Å². The van der Waals surface area contributed by atoms with Crippen LogP contribution >= 0.6 is 0 Å². The van der Waals surface area contributed by atoms with Crippen LogP contribution in [0.5, 0.6) is 5.75 Å². The molecule has 3 aromatic carbocycles. The molecule has 7 nitrogen and oxygen atoms in total. The minimum Gasteiger partial charge on any atom is -0.484 e. The summed E-state index contributed by atoms with van der Waals surface area (Å²) in [6, 6.07) is 21.7. The average molecular weight is 501 g/mol. The Balaban J connectivity index is 1.46. The van der Waals surface area contributed by atoms with Crippen molar-refractivity contribution in [3.63, 3.8) is 0 Å². The fraction of sp³-hybridized carbons (Fsp3) is 0.138. The van der Waals surface area contributed by atoms with Crippen LogP contribution in [-0.4, -0.2) is 36.4 Å². The van der Waals surface area contributed by atoms with Crippen molar-refractivity contribution in [3.8, 4) is 5.75 Å². The summed E-state index contributed by atoms with van der Waals surface area (Å²) in [5.41, 5.74) is 3.06. The molecule has 1 heterocycles. The maximum absolute atomic E-state index is 13.3. The number of carbonyl (C=O) groups is 3. The molecular formula is C29H25FN2O5. The minimum absolute atomic E-state index is 0.223. The number of ether oxygens (including phenoxy) is 2. The maximum atomic E-state index is 13.3. The lowest BCUT2D eigenvalue weighted by molar-refractivity contribution is -0.136. The molecule has 1 aliphatic heterocycles. The number of benzene rings is 3. The molecule has 0 spiro atoms. The topological polar surface area (TPSA) is 84.9 Å². The van der Waals surface area contributed by atoms with Gasteiger partial charge >= 0.3 is 5.97 Å². The Morgan fingerprint density at radius 2 is 1.65 bits per heavy atom. The standard InChI is InChI=1S/C29H25FN2O5/c1-19-27(29(35)36-2)25(28(34)32(19)17-21-6-4-3-5-7-21)16-20-8-14-24(15-9-20)37-18-26(33)31-23-12-10-22(30)11-13-23/h3-16H,17-18H2,1-2H3,(H,31,33)/b25-16-. The molecule has 0 bridgehead atoms. The first kappa shape index (κ1) is 25.4. The molecule has 2 amide bonds. The predicted molar refractivity (Wildman–Crippen MR) is 137 cm³/mol. The van der Waals surface area contributed by atoms with Crippen LogP contribution in [0.4, 0.5) is 10.1 Å². The van der Waals surface area contributed by atoms with Gasteiger partial charge in [0.25, 0.3) is 11.8 Å². The molecule has 0 fully saturated rings. The smallest absolute Gasteiger partial charge is 0.340 e. The van der Waals surface area contributed by atoms with Crippen molar-refractivity contribution in [2.75, 3.05) is 19.0 Å². The number of anilines is 1. The molecule has 0 aliphatic carbocycles. The number of hydrogen-bond acceptors (Lipinski definition) is 5. The van der Waals surface area contributed by atoms with Gasteiger partial charge in [-0.1, -0.05) is 42.5 Å². The van der Waals surface area contributed by atoms with Gasteiger partial charge in [-0.2, -0.15) is 0 Å². The zero-order valence-electron chi connectivity index (χ0n) is 20.4. The van der Waals surface area contributed by atoms with Crippen LogP contribution in [-0.2, 0) is 25.7 Å². The van der Waals surface area contributed by atoms with Gasteiger partial charge in [0.05, 0.1) is 24.8 Å². The van der Waals surface area contributed by atoms with Crippen molar-refractivity contribution in [2.45, 2.75) is 13.5 Å². The van der Waals surface area contributed by atoms with Gasteiger partial charge in [-0.25, -0.2) is 9.18 Å². The average Bonchev–Trinajstić information content (AvgIpc) is 3.14. The number of amides is 2. The normalized spacial score (nSPS) is 14.2. The minimum atomic E-state index is -0.584. The molecule has 8 heteroatoms. The molecule has 0 atom stereocenters. The third kappa shape index (κ3) is 6.10. The van der Waals surface area contributed by atoms with E-state index in [4.69, 9.17) is 9.47 Å².